The van der Waals surface area contributed by atoms with Crippen molar-refractivity contribution in [1.82, 2.24) is 5.32 Å². The molecule has 44 heavy (non-hydrogen) atoms. The summed E-state index contributed by atoms with van der Waals surface area (Å²) in [4.78, 5) is 12.5. The van der Waals surface area contributed by atoms with Crippen molar-refractivity contribution in [2.24, 2.45) is 0 Å². The van der Waals surface area contributed by atoms with E-state index < -0.39 is 6.10 Å². The standard InChI is InChI=1S/C41H81NO2/c1-4-7-9-11-13-15-17-19-20-21-22-23-25-27-29-31-33-35-38-41(44)42-39(36-6-3)40(43)37-34-32-30-28-26-24-18-16-14-12-10-8-5-2/h34,37,39-40,43H,4-33,35-36,38H2,1-3H3,(H,42,44)/b37-34+/t39-,40+/m0/s1. The smallest absolute Gasteiger partial charge is 0.220 e. The number of hydrogen-bond donors (Lipinski definition) is 2. The Morgan fingerprint density at radius 1 is 0.500 bits per heavy atom. The molecule has 3 heteroatoms. The van der Waals surface area contributed by atoms with Gasteiger partial charge < -0.3 is 10.4 Å². The van der Waals surface area contributed by atoms with Gasteiger partial charge >= 0.3 is 0 Å². The third kappa shape index (κ3) is 32.6. The van der Waals surface area contributed by atoms with Gasteiger partial charge in [0.25, 0.3) is 0 Å². The van der Waals surface area contributed by atoms with Crippen molar-refractivity contribution in [3.8, 4) is 0 Å². The second-order valence-electron chi connectivity index (χ2n) is 14.0. The molecule has 0 saturated heterocycles. The monoisotopic (exact) mass is 620 g/mol. The van der Waals surface area contributed by atoms with Gasteiger partial charge in [0.05, 0.1) is 12.1 Å². The van der Waals surface area contributed by atoms with E-state index in [0.29, 0.717) is 6.42 Å². The fourth-order valence-corrected chi connectivity index (χ4v) is 6.40. The normalized spacial score (nSPS) is 13.1. The molecule has 0 fully saturated rings. The first-order chi connectivity index (χ1) is 21.7. The van der Waals surface area contributed by atoms with Gasteiger partial charge in [-0.15, -0.1) is 0 Å². The molecule has 0 aromatic carbocycles. The van der Waals surface area contributed by atoms with E-state index in [1.807, 2.05) is 6.08 Å². The van der Waals surface area contributed by atoms with Crippen molar-refractivity contribution in [2.45, 2.75) is 245 Å². The molecule has 0 aromatic heterocycles. The number of aliphatic hydroxyl groups excluding tert-OH is 1. The van der Waals surface area contributed by atoms with E-state index in [1.54, 1.807) is 0 Å². The van der Waals surface area contributed by atoms with Crippen molar-refractivity contribution in [3.05, 3.63) is 12.2 Å². The molecule has 0 aliphatic heterocycles. The van der Waals surface area contributed by atoms with Crippen molar-refractivity contribution in [1.29, 1.82) is 0 Å². The van der Waals surface area contributed by atoms with E-state index in [9.17, 15) is 9.90 Å². The van der Waals surface area contributed by atoms with Crippen LogP contribution in [-0.2, 0) is 4.79 Å². The highest BCUT2D eigenvalue weighted by Crippen LogP contribution is 2.16. The van der Waals surface area contributed by atoms with E-state index >= 15 is 0 Å². The summed E-state index contributed by atoms with van der Waals surface area (Å²) >= 11 is 0. The SMILES string of the molecule is CCCCCCCCCCCCC/C=C/[C@@H](O)[C@H](CCC)NC(=O)CCCCCCCCCCCCCCCCCCCC. The molecule has 0 aromatic rings. The molecule has 0 heterocycles. The zero-order valence-electron chi connectivity index (χ0n) is 30.5. The van der Waals surface area contributed by atoms with Crippen LogP contribution >= 0.6 is 0 Å². The molecule has 0 aliphatic carbocycles. The van der Waals surface area contributed by atoms with Gasteiger partial charge in [-0.05, 0) is 25.7 Å². The Bertz CT molecular complexity index is 589. The molecular weight excluding hydrogens is 538 g/mol. The number of amides is 1. The van der Waals surface area contributed by atoms with Crippen LogP contribution in [0.3, 0.4) is 0 Å². The van der Waals surface area contributed by atoms with Crippen LogP contribution in [0.2, 0.25) is 0 Å². The van der Waals surface area contributed by atoms with Gasteiger partial charge in [-0.25, -0.2) is 0 Å². The summed E-state index contributed by atoms with van der Waals surface area (Å²) < 4.78 is 0. The number of nitrogens with one attached hydrogen (secondary N) is 1. The quantitative estimate of drug-likeness (QED) is 0.0541. The predicted octanol–water partition coefficient (Wildman–Crippen LogP) is 13.3. The number of carbonyl (C=O) groups excluding carboxylic acids is 1. The first kappa shape index (κ1) is 43.2. The fourth-order valence-electron chi connectivity index (χ4n) is 6.40. The van der Waals surface area contributed by atoms with Gasteiger partial charge in [0, 0.05) is 6.42 Å². The fraction of sp³-hybridized carbons (Fsp3) is 0.927. The van der Waals surface area contributed by atoms with Crippen LogP contribution in [0.25, 0.3) is 0 Å². The summed E-state index contributed by atoms with van der Waals surface area (Å²) in [6, 6.07) is -0.156. The maximum atomic E-state index is 12.5. The molecule has 0 bridgehead atoms. The van der Waals surface area contributed by atoms with Gasteiger partial charge in [-0.2, -0.15) is 0 Å². The molecule has 0 unspecified atom stereocenters. The van der Waals surface area contributed by atoms with Crippen LogP contribution < -0.4 is 5.32 Å². The topological polar surface area (TPSA) is 49.3 Å². The zero-order chi connectivity index (χ0) is 32.2. The van der Waals surface area contributed by atoms with Gasteiger partial charge in [-0.1, -0.05) is 213 Å². The highest BCUT2D eigenvalue weighted by Gasteiger charge is 2.18. The minimum absolute atomic E-state index is 0.109. The minimum Gasteiger partial charge on any atom is -0.387 e. The molecule has 3 nitrogen and oxygen atoms in total. The molecule has 0 aliphatic rings. The lowest BCUT2D eigenvalue weighted by Crippen LogP contribution is -2.42. The molecule has 1 amide bonds. The number of carbonyl (C=O) groups is 1. The predicted molar refractivity (Wildman–Crippen MR) is 196 cm³/mol. The Labute approximate surface area is 277 Å². The Balaban J connectivity index is 3.65. The molecular formula is C41H81NO2. The van der Waals surface area contributed by atoms with E-state index in [1.165, 1.54) is 173 Å². The molecule has 262 valence electrons. The average molecular weight is 620 g/mol. The lowest BCUT2D eigenvalue weighted by Gasteiger charge is -2.21. The highest BCUT2D eigenvalue weighted by molar-refractivity contribution is 5.76. The van der Waals surface area contributed by atoms with Crippen molar-refractivity contribution < 1.29 is 9.90 Å². The summed E-state index contributed by atoms with van der Waals surface area (Å²) in [6.07, 6.45) is 46.3. The summed E-state index contributed by atoms with van der Waals surface area (Å²) in [5, 5.41) is 13.8. The van der Waals surface area contributed by atoms with Gasteiger partial charge in [0.1, 0.15) is 0 Å². The molecule has 2 atom stereocenters. The minimum atomic E-state index is -0.577. The largest absolute Gasteiger partial charge is 0.387 e. The van der Waals surface area contributed by atoms with E-state index in [-0.39, 0.29) is 11.9 Å². The Kier molecular flexibility index (Phi) is 35.9. The summed E-state index contributed by atoms with van der Waals surface area (Å²) in [6.45, 7) is 6.69. The third-order valence-corrected chi connectivity index (χ3v) is 9.42. The van der Waals surface area contributed by atoms with Gasteiger partial charge in [0.15, 0.2) is 0 Å². The van der Waals surface area contributed by atoms with Gasteiger partial charge in [0.2, 0.25) is 5.91 Å². The van der Waals surface area contributed by atoms with Crippen molar-refractivity contribution in [2.75, 3.05) is 0 Å². The average Bonchev–Trinajstić information content (AvgIpc) is 3.02. The first-order valence-electron chi connectivity index (χ1n) is 20.3. The van der Waals surface area contributed by atoms with Crippen molar-refractivity contribution >= 4 is 5.91 Å². The van der Waals surface area contributed by atoms with E-state index in [4.69, 9.17) is 0 Å². The lowest BCUT2D eigenvalue weighted by molar-refractivity contribution is -0.122. The zero-order valence-corrected chi connectivity index (χ0v) is 30.5. The summed E-state index contributed by atoms with van der Waals surface area (Å²) in [7, 11) is 0. The van der Waals surface area contributed by atoms with Crippen LogP contribution in [-0.4, -0.2) is 23.2 Å². The second kappa shape index (κ2) is 36.6. The maximum absolute atomic E-state index is 12.5. The lowest BCUT2D eigenvalue weighted by atomic mass is 10.0. The van der Waals surface area contributed by atoms with E-state index in [0.717, 1.165) is 32.1 Å². The Morgan fingerprint density at radius 3 is 1.20 bits per heavy atom. The summed E-state index contributed by atoms with van der Waals surface area (Å²) in [5.74, 6) is 0.109. The Hall–Kier alpha value is -0.830. The van der Waals surface area contributed by atoms with Crippen LogP contribution in [0.5, 0.6) is 0 Å². The number of unbranched alkanes of at least 4 members (excludes halogenated alkanes) is 28. The molecule has 0 rings (SSSR count). The van der Waals surface area contributed by atoms with Crippen molar-refractivity contribution in [3.63, 3.8) is 0 Å². The highest BCUT2D eigenvalue weighted by atomic mass is 16.3. The van der Waals surface area contributed by atoms with E-state index in [2.05, 4.69) is 32.2 Å². The number of rotatable bonds is 36. The molecule has 0 radical (unpaired) electrons. The number of hydrogen-bond acceptors (Lipinski definition) is 2. The van der Waals surface area contributed by atoms with Gasteiger partial charge in [-0.3, -0.25) is 4.79 Å². The van der Waals surface area contributed by atoms with Crippen LogP contribution in [0, 0.1) is 0 Å². The second-order valence-corrected chi connectivity index (χ2v) is 14.0. The van der Waals surface area contributed by atoms with Crippen LogP contribution in [0.15, 0.2) is 12.2 Å². The van der Waals surface area contributed by atoms with Crippen LogP contribution in [0.4, 0.5) is 0 Å². The third-order valence-electron chi connectivity index (χ3n) is 9.42. The summed E-state index contributed by atoms with van der Waals surface area (Å²) in [5.41, 5.74) is 0. The number of aliphatic hydroxyl groups is 1. The Morgan fingerprint density at radius 2 is 0.841 bits per heavy atom. The maximum Gasteiger partial charge on any atom is 0.220 e. The molecule has 2 N–H and O–H groups in total. The number of allylic oxidation sites excluding steroid dienone is 1. The first-order valence-corrected chi connectivity index (χ1v) is 20.3. The molecule has 0 saturated carbocycles. The van der Waals surface area contributed by atoms with Crippen LogP contribution in [0.1, 0.15) is 233 Å². The molecule has 0 spiro atoms.